The molecule has 0 aliphatic carbocycles. The van der Waals surface area contributed by atoms with Gasteiger partial charge in [-0.3, -0.25) is 4.79 Å². The maximum absolute atomic E-state index is 13.0. The van der Waals surface area contributed by atoms with Gasteiger partial charge in [-0.25, -0.2) is 4.79 Å². The Balaban J connectivity index is 1.73. The second kappa shape index (κ2) is 9.37. The summed E-state index contributed by atoms with van der Waals surface area (Å²) in [5, 5.41) is 2.91. The van der Waals surface area contributed by atoms with Crippen molar-refractivity contribution in [2.24, 2.45) is 0 Å². The summed E-state index contributed by atoms with van der Waals surface area (Å²) in [4.78, 5) is 26.3. The first-order chi connectivity index (χ1) is 13.5. The van der Waals surface area contributed by atoms with Gasteiger partial charge in [0.1, 0.15) is 5.75 Å². The van der Waals surface area contributed by atoms with Crippen LogP contribution in [0.2, 0.25) is 0 Å². The minimum Gasteiger partial charge on any atom is -0.497 e. The van der Waals surface area contributed by atoms with Crippen LogP contribution in [0.1, 0.15) is 35.7 Å². The molecule has 1 heterocycles. The van der Waals surface area contributed by atoms with Gasteiger partial charge in [-0.05, 0) is 49.6 Å². The van der Waals surface area contributed by atoms with Crippen molar-refractivity contribution in [1.29, 1.82) is 0 Å². The molecule has 1 atom stereocenters. The number of ketones is 1. The predicted molar refractivity (Wildman–Crippen MR) is 108 cm³/mol. The molecule has 6 heteroatoms. The number of Topliss-reactive ketones (excluding diaryl/α,β-unsaturated/α-hetero) is 1. The van der Waals surface area contributed by atoms with E-state index >= 15 is 0 Å². The number of benzene rings is 2. The van der Waals surface area contributed by atoms with E-state index in [2.05, 4.69) is 5.32 Å². The monoisotopic (exact) mass is 382 g/mol. The molecule has 6 nitrogen and oxygen atoms in total. The van der Waals surface area contributed by atoms with Crippen molar-refractivity contribution < 1.29 is 19.1 Å². The standard InChI is InChI=1S/C22H26N2O4/c1-16(25)18-5-3-6-19(13-18)23-22(26)24(15-21-7-4-12-28-21)14-17-8-10-20(27-2)11-9-17/h3,5-6,8-11,13,21H,4,7,12,14-15H2,1-2H3,(H,23,26)/t21-/m0/s1. The summed E-state index contributed by atoms with van der Waals surface area (Å²) in [6, 6.07) is 14.4. The number of nitrogens with one attached hydrogen (secondary N) is 1. The van der Waals surface area contributed by atoms with Gasteiger partial charge in [-0.2, -0.15) is 0 Å². The van der Waals surface area contributed by atoms with Crippen LogP contribution in [0.5, 0.6) is 5.75 Å². The van der Waals surface area contributed by atoms with E-state index in [1.165, 1.54) is 6.92 Å². The molecule has 0 spiro atoms. The molecule has 1 fully saturated rings. The molecule has 3 rings (SSSR count). The highest BCUT2D eigenvalue weighted by Crippen LogP contribution is 2.19. The number of urea groups is 1. The number of methoxy groups -OCH3 is 1. The van der Waals surface area contributed by atoms with Gasteiger partial charge >= 0.3 is 6.03 Å². The van der Waals surface area contributed by atoms with Crippen LogP contribution >= 0.6 is 0 Å². The summed E-state index contributed by atoms with van der Waals surface area (Å²) < 4.78 is 10.9. The highest BCUT2D eigenvalue weighted by Gasteiger charge is 2.23. The fraction of sp³-hybridized carbons (Fsp3) is 0.364. The van der Waals surface area contributed by atoms with Crippen molar-refractivity contribution in [2.45, 2.75) is 32.4 Å². The minimum absolute atomic E-state index is 0.0365. The Hall–Kier alpha value is -2.86. The van der Waals surface area contributed by atoms with Crippen LogP contribution in [-0.4, -0.2) is 43.1 Å². The van der Waals surface area contributed by atoms with Gasteiger partial charge in [0.2, 0.25) is 0 Å². The Bertz CT molecular complexity index is 814. The lowest BCUT2D eigenvalue weighted by Crippen LogP contribution is -2.39. The summed E-state index contributed by atoms with van der Waals surface area (Å²) in [6.45, 7) is 3.23. The first-order valence-corrected chi connectivity index (χ1v) is 9.46. The number of carbonyl (C=O) groups is 2. The number of hydrogen-bond donors (Lipinski definition) is 1. The molecule has 0 aromatic heterocycles. The Morgan fingerprint density at radius 1 is 1.21 bits per heavy atom. The van der Waals surface area contributed by atoms with Gasteiger partial charge in [0.15, 0.2) is 5.78 Å². The quantitative estimate of drug-likeness (QED) is 0.732. The van der Waals surface area contributed by atoms with Gasteiger partial charge in [0.05, 0.1) is 13.2 Å². The zero-order valence-corrected chi connectivity index (χ0v) is 16.3. The largest absolute Gasteiger partial charge is 0.497 e. The van der Waals surface area contributed by atoms with E-state index in [0.717, 1.165) is 30.8 Å². The molecule has 28 heavy (non-hydrogen) atoms. The number of nitrogens with zero attached hydrogens (tertiary/aromatic N) is 1. The fourth-order valence-corrected chi connectivity index (χ4v) is 3.22. The van der Waals surface area contributed by atoms with Crippen LogP contribution in [0.3, 0.4) is 0 Å². The summed E-state index contributed by atoms with van der Waals surface area (Å²) in [7, 11) is 1.63. The van der Waals surface area contributed by atoms with Gasteiger partial charge in [0.25, 0.3) is 0 Å². The van der Waals surface area contributed by atoms with Crippen molar-refractivity contribution in [2.75, 3.05) is 25.6 Å². The summed E-state index contributed by atoms with van der Waals surface area (Å²) in [5.41, 5.74) is 2.18. The number of carbonyl (C=O) groups excluding carboxylic acids is 2. The molecule has 1 aliphatic heterocycles. The Morgan fingerprint density at radius 2 is 2.00 bits per heavy atom. The topological polar surface area (TPSA) is 67.9 Å². The van der Waals surface area contributed by atoms with E-state index in [-0.39, 0.29) is 17.9 Å². The van der Waals surface area contributed by atoms with E-state index < -0.39 is 0 Å². The molecule has 1 saturated heterocycles. The average Bonchev–Trinajstić information content (AvgIpc) is 3.21. The van der Waals surface area contributed by atoms with E-state index in [9.17, 15) is 9.59 Å². The molecule has 2 aromatic carbocycles. The highest BCUT2D eigenvalue weighted by molar-refractivity contribution is 5.96. The highest BCUT2D eigenvalue weighted by atomic mass is 16.5. The van der Waals surface area contributed by atoms with E-state index in [0.29, 0.717) is 24.3 Å². The van der Waals surface area contributed by atoms with Crippen molar-refractivity contribution in [3.8, 4) is 5.75 Å². The summed E-state index contributed by atoms with van der Waals surface area (Å²) >= 11 is 0. The number of anilines is 1. The molecule has 0 bridgehead atoms. The number of amides is 2. The predicted octanol–water partition coefficient (Wildman–Crippen LogP) is 4.11. The van der Waals surface area contributed by atoms with Gasteiger partial charge in [-0.15, -0.1) is 0 Å². The van der Waals surface area contributed by atoms with Gasteiger partial charge in [-0.1, -0.05) is 24.3 Å². The third-order valence-corrected chi connectivity index (χ3v) is 4.79. The first-order valence-electron chi connectivity index (χ1n) is 9.46. The van der Waals surface area contributed by atoms with E-state index in [4.69, 9.17) is 9.47 Å². The van der Waals surface area contributed by atoms with Crippen LogP contribution in [0.15, 0.2) is 48.5 Å². The smallest absolute Gasteiger partial charge is 0.322 e. The van der Waals surface area contributed by atoms with Gasteiger partial charge < -0.3 is 19.7 Å². The Labute approximate surface area is 165 Å². The van der Waals surface area contributed by atoms with Crippen molar-refractivity contribution in [1.82, 2.24) is 4.90 Å². The second-order valence-electron chi connectivity index (χ2n) is 6.93. The number of hydrogen-bond acceptors (Lipinski definition) is 4. The lowest BCUT2D eigenvalue weighted by Gasteiger charge is -2.26. The number of ether oxygens (including phenoxy) is 2. The van der Waals surface area contributed by atoms with Crippen LogP contribution in [-0.2, 0) is 11.3 Å². The van der Waals surface area contributed by atoms with Crippen LogP contribution in [0.25, 0.3) is 0 Å². The third-order valence-electron chi connectivity index (χ3n) is 4.79. The molecule has 2 aromatic rings. The van der Waals surface area contributed by atoms with Crippen LogP contribution in [0, 0.1) is 0 Å². The summed E-state index contributed by atoms with van der Waals surface area (Å²) in [5.74, 6) is 0.741. The SMILES string of the molecule is COc1ccc(CN(C[C@@H]2CCCO2)C(=O)Nc2cccc(C(C)=O)c2)cc1. The molecule has 0 unspecified atom stereocenters. The molecular formula is C22H26N2O4. The molecular weight excluding hydrogens is 356 g/mol. The molecule has 1 aliphatic rings. The minimum atomic E-state index is -0.216. The third kappa shape index (κ3) is 5.33. The maximum Gasteiger partial charge on any atom is 0.322 e. The van der Waals surface area contributed by atoms with E-state index in [1.807, 2.05) is 24.3 Å². The molecule has 148 valence electrons. The fourth-order valence-electron chi connectivity index (χ4n) is 3.22. The lowest BCUT2D eigenvalue weighted by molar-refractivity contribution is 0.0819. The maximum atomic E-state index is 13.0. The van der Waals surface area contributed by atoms with Crippen molar-refractivity contribution >= 4 is 17.5 Å². The van der Waals surface area contributed by atoms with Gasteiger partial charge in [0, 0.05) is 30.9 Å². The molecule has 0 radical (unpaired) electrons. The second-order valence-corrected chi connectivity index (χ2v) is 6.93. The normalized spacial score (nSPS) is 15.9. The first kappa shape index (κ1) is 19.9. The zero-order valence-electron chi connectivity index (χ0n) is 16.3. The average molecular weight is 382 g/mol. The van der Waals surface area contributed by atoms with Crippen LogP contribution < -0.4 is 10.1 Å². The molecule has 2 amide bonds. The van der Waals surface area contributed by atoms with Crippen molar-refractivity contribution in [3.63, 3.8) is 0 Å². The zero-order chi connectivity index (χ0) is 19.9. The Kier molecular flexibility index (Phi) is 6.66. The Morgan fingerprint density at radius 3 is 2.64 bits per heavy atom. The summed E-state index contributed by atoms with van der Waals surface area (Å²) in [6.07, 6.45) is 2.02. The van der Waals surface area contributed by atoms with Crippen LogP contribution in [0.4, 0.5) is 10.5 Å². The number of rotatable bonds is 7. The van der Waals surface area contributed by atoms with Crippen molar-refractivity contribution in [3.05, 3.63) is 59.7 Å². The van der Waals surface area contributed by atoms with E-state index in [1.54, 1.807) is 36.3 Å². The lowest BCUT2D eigenvalue weighted by atomic mass is 10.1. The molecule has 0 saturated carbocycles. The molecule has 1 N–H and O–H groups in total.